The standard InChI is InChI=1S/C23H18F3N3O5S2/c1-11-10-35-12(2)21(11)29-36(31,32)19-8-14(4-5-18(19)33-3)27-22(30)17-9-34-23(28-17)13-6-15(24)20(26)16(25)7-13/h4-10,29H,1-3H3,(H,27,30). The number of anilines is 2. The summed E-state index contributed by atoms with van der Waals surface area (Å²) in [5.41, 5.74) is 0.835. The monoisotopic (exact) mass is 537 g/mol. The molecule has 0 aliphatic heterocycles. The van der Waals surface area contributed by atoms with Gasteiger partial charge in [0.2, 0.25) is 5.89 Å². The van der Waals surface area contributed by atoms with Gasteiger partial charge < -0.3 is 14.5 Å². The van der Waals surface area contributed by atoms with Crippen molar-refractivity contribution in [1.29, 1.82) is 0 Å². The molecule has 0 spiro atoms. The van der Waals surface area contributed by atoms with Crippen molar-refractivity contribution < 1.29 is 35.5 Å². The highest BCUT2D eigenvalue weighted by Crippen LogP contribution is 2.33. The number of aryl methyl sites for hydroxylation is 2. The first kappa shape index (κ1) is 25.3. The van der Waals surface area contributed by atoms with Crippen molar-refractivity contribution in [3.8, 4) is 17.2 Å². The molecule has 1 amide bonds. The third-order valence-electron chi connectivity index (χ3n) is 5.07. The zero-order valence-corrected chi connectivity index (χ0v) is 20.6. The average Bonchev–Trinajstić information content (AvgIpc) is 3.45. The predicted octanol–water partition coefficient (Wildman–Crippen LogP) is 5.50. The van der Waals surface area contributed by atoms with Gasteiger partial charge in [-0.05, 0) is 55.1 Å². The fourth-order valence-corrected chi connectivity index (χ4v) is 5.52. The molecule has 0 bridgehead atoms. The van der Waals surface area contributed by atoms with E-state index in [2.05, 4.69) is 15.0 Å². The number of halogens is 3. The quantitative estimate of drug-likeness (QED) is 0.301. The number of aromatic nitrogens is 1. The van der Waals surface area contributed by atoms with Crippen molar-refractivity contribution in [3.63, 3.8) is 0 Å². The predicted molar refractivity (Wildman–Crippen MR) is 127 cm³/mol. The van der Waals surface area contributed by atoms with Crippen LogP contribution in [0.3, 0.4) is 0 Å². The Kier molecular flexibility index (Phi) is 6.78. The van der Waals surface area contributed by atoms with Gasteiger partial charge in [0.25, 0.3) is 15.9 Å². The number of hydrogen-bond donors (Lipinski definition) is 2. The van der Waals surface area contributed by atoms with Crippen LogP contribution in [0.2, 0.25) is 0 Å². The van der Waals surface area contributed by atoms with Crippen molar-refractivity contribution >= 4 is 38.6 Å². The molecule has 36 heavy (non-hydrogen) atoms. The SMILES string of the molecule is COc1ccc(NC(=O)c2coc(-c3cc(F)c(F)c(F)c3)n2)cc1S(=O)(=O)Nc1c(C)csc1C. The van der Waals surface area contributed by atoms with Crippen LogP contribution in [-0.2, 0) is 10.0 Å². The smallest absolute Gasteiger partial charge is 0.277 e. The van der Waals surface area contributed by atoms with Gasteiger partial charge in [0.05, 0.1) is 12.8 Å². The summed E-state index contributed by atoms with van der Waals surface area (Å²) in [4.78, 5) is 17.1. The minimum atomic E-state index is -4.09. The molecule has 0 saturated heterocycles. The minimum Gasteiger partial charge on any atom is -0.495 e. The van der Waals surface area contributed by atoms with Crippen LogP contribution in [0.25, 0.3) is 11.5 Å². The lowest BCUT2D eigenvalue weighted by Crippen LogP contribution is -2.16. The average molecular weight is 538 g/mol. The van der Waals surface area contributed by atoms with Gasteiger partial charge >= 0.3 is 0 Å². The summed E-state index contributed by atoms with van der Waals surface area (Å²) in [5.74, 6) is -5.59. The third kappa shape index (κ3) is 4.93. The van der Waals surface area contributed by atoms with Crippen molar-refractivity contribution in [2.24, 2.45) is 0 Å². The first-order valence-corrected chi connectivity index (χ1v) is 12.5. The number of carbonyl (C=O) groups excluding carboxylic acids is 1. The Labute approximate surface area is 207 Å². The van der Waals surface area contributed by atoms with E-state index in [-0.39, 0.29) is 33.5 Å². The lowest BCUT2D eigenvalue weighted by molar-refractivity contribution is 0.102. The fraction of sp³-hybridized carbons (Fsp3) is 0.130. The Bertz CT molecular complexity index is 1540. The van der Waals surface area contributed by atoms with E-state index in [1.165, 1.54) is 36.6 Å². The summed E-state index contributed by atoms with van der Waals surface area (Å²) in [7, 11) is -2.78. The Morgan fingerprint density at radius 3 is 2.42 bits per heavy atom. The van der Waals surface area contributed by atoms with Crippen LogP contribution in [0.1, 0.15) is 20.9 Å². The maximum absolute atomic E-state index is 13.5. The summed E-state index contributed by atoms with van der Waals surface area (Å²) in [6.07, 6.45) is 0.939. The highest BCUT2D eigenvalue weighted by Gasteiger charge is 2.24. The summed E-state index contributed by atoms with van der Waals surface area (Å²) in [5, 5.41) is 4.31. The van der Waals surface area contributed by atoms with Crippen LogP contribution >= 0.6 is 11.3 Å². The maximum Gasteiger partial charge on any atom is 0.277 e. The van der Waals surface area contributed by atoms with Gasteiger partial charge in [-0.25, -0.2) is 26.6 Å². The van der Waals surface area contributed by atoms with E-state index in [0.717, 1.165) is 16.7 Å². The second-order valence-electron chi connectivity index (χ2n) is 7.57. The molecule has 2 aromatic heterocycles. The second kappa shape index (κ2) is 9.66. The normalized spacial score (nSPS) is 11.4. The number of oxazole rings is 1. The van der Waals surface area contributed by atoms with Crippen LogP contribution in [0.15, 0.2) is 51.3 Å². The number of hydrogen-bond acceptors (Lipinski definition) is 7. The number of sulfonamides is 1. The number of carbonyl (C=O) groups is 1. The number of methoxy groups -OCH3 is 1. The number of nitrogens with one attached hydrogen (secondary N) is 2. The molecule has 0 radical (unpaired) electrons. The van der Waals surface area contributed by atoms with Crippen molar-refractivity contribution in [2.45, 2.75) is 18.7 Å². The summed E-state index contributed by atoms with van der Waals surface area (Å²) in [6, 6.07) is 5.35. The number of benzene rings is 2. The Balaban J connectivity index is 1.59. The first-order chi connectivity index (χ1) is 17.0. The van der Waals surface area contributed by atoms with Crippen molar-refractivity contribution in [3.05, 3.63) is 75.6 Å². The van der Waals surface area contributed by atoms with Gasteiger partial charge in [0.15, 0.2) is 23.1 Å². The summed E-state index contributed by atoms with van der Waals surface area (Å²) < 4.78 is 79.3. The van der Waals surface area contributed by atoms with Crippen LogP contribution in [0, 0.1) is 31.3 Å². The number of amides is 1. The minimum absolute atomic E-state index is 0.0510. The first-order valence-electron chi connectivity index (χ1n) is 10.2. The van der Waals surface area contributed by atoms with Gasteiger partial charge in [-0.2, -0.15) is 0 Å². The molecular weight excluding hydrogens is 519 g/mol. The van der Waals surface area contributed by atoms with E-state index in [0.29, 0.717) is 17.8 Å². The number of thiophene rings is 1. The van der Waals surface area contributed by atoms with Crippen molar-refractivity contribution in [1.82, 2.24) is 4.98 Å². The van der Waals surface area contributed by atoms with Gasteiger partial charge in [-0.15, -0.1) is 11.3 Å². The van der Waals surface area contributed by atoms with Crippen LogP contribution in [-0.4, -0.2) is 26.4 Å². The van der Waals surface area contributed by atoms with E-state index >= 15 is 0 Å². The van der Waals surface area contributed by atoms with E-state index in [4.69, 9.17) is 9.15 Å². The molecule has 4 rings (SSSR count). The Hall–Kier alpha value is -3.84. The molecule has 2 heterocycles. The number of nitrogens with zero attached hydrogens (tertiary/aromatic N) is 1. The van der Waals surface area contributed by atoms with Crippen LogP contribution in [0.4, 0.5) is 24.5 Å². The van der Waals surface area contributed by atoms with E-state index in [1.807, 2.05) is 5.38 Å². The Morgan fingerprint density at radius 2 is 1.81 bits per heavy atom. The van der Waals surface area contributed by atoms with Crippen LogP contribution in [0.5, 0.6) is 5.75 Å². The third-order valence-corrected chi connectivity index (χ3v) is 7.47. The summed E-state index contributed by atoms with van der Waals surface area (Å²) >= 11 is 1.40. The molecule has 0 atom stereocenters. The molecule has 8 nitrogen and oxygen atoms in total. The molecule has 2 aromatic carbocycles. The second-order valence-corrected chi connectivity index (χ2v) is 10.3. The van der Waals surface area contributed by atoms with Gasteiger partial charge in [0.1, 0.15) is 16.9 Å². The lowest BCUT2D eigenvalue weighted by atomic mass is 10.2. The lowest BCUT2D eigenvalue weighted by Gasteiger charge is -2.14. The van der Waals surface area contributed by atoms with Crippen molar-refractivity contribution in [2.75, 3.05) is 17.1 Å². The summed E-state index contributed by atoms with van der Waals surface area (Å²) in [6.45, 7) is 3.56. The van der Waals surface area contributed by atoms with Gasteiger partial charge in [0, 0.05) is 16.1 Å². The highest BCUT2D eigenvalue weighted by atomic mass is 32.2. The molecule has 0 fully saturated rings. The number of rotatable bonds is 7. The van der Waals surface area contributed by atoms with E-state index in [9.17, 15) is 26.4 Å². The zero-order valence-electron chi connectivity index (χ0n) is 19.0. The van der Waals surface area contributed by atoms with Gasteiger partial charge in [-0.3, -0.25) is 9.52 Å². The van der Waals surface area contributed by atoms with E-state index < -0.39 is 33.4 Å². The molecule has 4 aromatic rings. The number of ether oxygens (including phenoxy) is 1. The maximum atomic E-state index is 13.5. The van der Waals surface area contributed by atoms with E-state index in [1.54, 1.807) is 13.8 Å². The Morgan fingerprint density at radius 1 is 1.11 bits per heavy atom. The molecule has 0 unspecified atom stereocenters. The molecule has 2 N–H and O–H groups in total. The molecule has 188 valence electrons. The molecule has 0 aliphatic rings. The molecule has 0 saturated carbocycles. The van der Waals surface area contributed by atoms with Gasteiger partial charge in [-0.1, -0.05) is 0 Å². The topological polar surface area (TPSA) is 111 Å². The zero-order chi connectivity index (χ0) is 26.2. The van der Waals surface area contributed by atoms with Crippen LogP contribution < -0.4 is 14.8 Å². The molecule has 0 aliphatic carbocycles. The molecule has 13 heteroatoms. The molecular formula is C23H18F3N3O5S2. The largest absolute Gasteiger partial charge is 0.495 e. The fourth-order valence-electron chi connectivity index (χ4n) is 3.26. The highest BCUT2D eigenvalue weighted by molar-refractivity contribution is 7.92.